The molecule has 1 fully saturated rings. The number of amides is 1. The van der Waals surface area contributed by atoms with Gasteiger partial charge in [0.2, 0.25) is 11.8 Å². The number of carbonyl (C=O) groups excluding carboxylic acids is 1. The van der Waals surface area contributed by atoms with Crippen molar-refractivity contribution in [2.75, 3.05) is 25.0 Å². The highest BCUT2D eigenvalue weighted by atomic mass is 16.5. The fourth-order valence-corrected chi connectivity index (χ4v) is 2.69. The molecule has 1 N–H and O–H groups in total. The van der Waals surface area contributed by atoms with E-state index in [1.165, 1.54) is 0 Å². The number of rotatable bonds is 5. The Kier molecular flexibility index (Phi) is 5.10. The number of piperidine rings is 1. The van der Waals surface area contributed by atoms with Gasteiger partial charge in [-0.1, -0.05) is 11.2 Å². The topological polar surface area (TPSA) is 80.5 Å². The van der Waals surface area contributed by atoms with Crippen LogP contribution in [0.2, 0.25) is 0 Å². The second kappa shape index (κ2) is 7.44. The lowest BCUT2D eigenvalue weighted by atomic mass is 10.1. The molecule has 0 saturated carbocycles. The van der Waals surface area contributed by atoms with Crippen molar-refractivity contribution in [3.8, 4) is 5.88 Å². The summed E-state index contributed by atoms with van der Waals surface area (Å²) in [7, 11) is 0. The van der Waals surface area contributed by atoms with Gasteiger partial charge in [0.05, 0.1) is 6.54 Å². The zero-order valence-electron chi connectivity index (χ0n) is 14.0. The number of nitrogens with zero attached hydrogens (tertiary/aromatic N) is 3. The standard InChI is InChI=1S/C17H22N4O3/c1-12-3-4-17(18-10-12)23-14-5-7-21(8-6-14)11-16(22)19-15-9-13(2)24-20-15/h3-4,9-10,14H,5-8,11H2,1-2H3,(H,19,20,22). The van der Waals surface area contributed by atoms with Crippen molar-refractivity contribution < 1.29 is 14.1 Å². The number of aromatic nitrogens is 2. The summed E-state index contributed by atoms with van der Waals surface area (Å²) in [4.78, 5) is 18.4. The Labute approximate surface area is 141 Å². The molecule has 0 unspecified atom stereocenters. The number of nitrogens with one attached hydrogen (secondary N) is 1. The smallest absolute Gasteiger partial charge is 0.239 e. The molecule has 2 aromatic rings. The molecule has 0 radical (unpaired) electrons. The van der Waals surface area contributed by atoms with Crippen molar-refractivity contribution in [2.45, 2.75) is 32.8 Å². The zero-order chi connectivity index (χ0) is 16.9. The number of hydrogen-bond acceptors (Lipinski definition) is 6. The third-order valence-electron chi connectivity index (χ3n) is 3.97. The van der Waals surface area contributed by atoms with Gasteiger partial charge in [-0.15, -0.1) is 0 Å². The lowest BCUT2D eigenvalue weighted by Gasteiger charge is -2.31. The fraction of sp³-hybridized carbons (Fsp3) is 0.471. The molecule has 0 aliphatic carbocycles. The van der Waals surface area contributed by atoms with Gasteiger partial charge in [-0.05, 0) is 32.3 Å². The second-order valence-electron chi connectivity index (χ2n) is 6.14. The third kappa shape index (κ3) is 4.55. The van der Waals surface area contributed by atoms with E-state index in [9.17, 15) is 4.79 Å². The van der Waals surface area contributed by atoms with E-state index in [2.05, 4.69) is 20.4 Å². The summed E-state index contributed by atoms with van der Waals surface area (Å²) in [5.74, 6) is 1.72. The Morgan fingerprint density at radius 3 is 2.79 bits per heavy atom. The molecule has 128 valence electrons. The van der Waals surface area contributed by atoms with Gasteiger partial charge in [0.25, 0.3) is 0 Å². The normalized spacial score (nSPS) is 16.1. The first-order valence-corrected chi connectivity index (χ1v) is 8.13. The van der Waals surface area contributed by atoms with Crippen molar-refractivity contribution in [3.63, 3.8) is 0 Å². The van der Waals surface area contributed by atoms with Crippen molar-refractivity contribution in [3.05, 3.63) is 35.7 Å². The molecule has 3 heterocycles. The van der Waals surface area contributed by atoms with E-state index < -0.39 is 0 Å². The Bertz CT molecular complexity index is 675. The minimum atomic E-state index is -0.0807. The van der Waals surface area contributed by atoms with Crippen molar-refractivity contribution >= 4 is 11.7 Å². The molecule has 7 heteroatoms. The molecule has 0 aromatic carbocycles. The van der Waals surface area contributed by atoms with Gasteiger partial charge in [-0.3, -0.25) is 9.69 Å². The van der Waals surface area contributed by atoms with Crippen LogP contribution in [0.1, 0.15) is 24.2 Å². The molecular formula is C17H22N4O3. The molecule has 2 aromatic heterocycles. The number of ether oxygens (including phenoxy) is 1. The van der Waals surface area contributed by atoms with Crippen LogP contribution in [-0.2, 0) is 4.79 Å². The van der Waals surface area contributed by atoms with Crippen LogP contribution >= 0.6 is 0 Å². The lowest BCUT2D eigenvalue weighted by molar-refractivity contribution is -0.117. The largest absolute Gasteiger partial charge is 0.474 e. The number of pyridine rings is 1. The van der Waals surface area contributed by atoms with E-state index in [1.807, 2.05) is 19.1 Å². The van der Waals surface area contributed by atoms with Crippen molar-refractivity contribution in [2.24, 2.45) is 0 Å². The molecule has 3 rings (SSSR count). The van der Waals surface area contributed by atoms with Crippen LogP contribution in [0, 0.1) is 13.8 Å². The van der Waals surface area contributed by atoms with Gasteiger partial charge in [-0.2, -0.15) is 0 Å². The highest BCUT2D eigenvalue weighted by Gasteiger charge is 2.22. The Hall–Kier alpha value is -2.41. The number of hydrogen-bond donors (Lipinski definition) is 1. The average molecular weight is 330 g/mol. The Balaban J connectivity index is 1.41. The maximum atomic E-state index is 12.0. The van der Waals surface area contributed by atoms with Crippen LogP contribution in [0.15, 0.2) is 28.9 Å². The summed E-state index contributed by atoms with van der Waals surface area (Å²) in [6, 6.07) is 5.59. The number of aryl methyl sites for hydroxylation is 2. The predicted molar refractivity (Wildman–Crippen MR) is 88.9 cm³/mol. The highest BCUT2D eigenvalue weighted by molar-refractivity contribution is 5.91. The maximum Gasteiger partial charge on any atom is 0.239 e. The number of carbonyl (C=O) groups is 1. The molecule has 24 heavy (non-hydrogen) atoms. The monoisotopic (exact) mass is 330 g/mol. The maximum absolute atomic E-state index is 12.0. The second-order valence-corrected chi connectivity index (χ2v) is 6.14. The van der Waals surface area contributed by atoms with Crippen LogP contribution in [0.25, 0.3) is 0 Å². The average Bonchev–Trinajstić information content (AvgIpc) is 2.96. The van der Waals surface area contributed by atoms with Crippen LogP contribution in [-0.4, -0.2) is 46.7 Å². The molecule has 0 spiro atoms. The van der Waals surface area contributed by atoms with Crippen LogP contribution < -0.4 is 10.1 Å². The van der Waals surface area contributed by atoms with Crippen molar-refractivity contribution in [1.82, 2.24) is 15.0 Å². The zero-order valence-corrected chi connectivity index (χ0v) is 14.0. The quantitative estimate of drug-likeness (QED) is 0.905. The van der Waals surface area contributed by atoms with Gasteiger partial charge in [0, 0.05) is 31.4 Å². The molecule has 1 aliphatic rings. The Morgan fingerprint density at radius 2 is 2.17 bits per heavy atom. The summed E-state index contributed by atoms with van der Waals surface area (Å²) < 4.78 is 10.8. The summed E-state index contributed by atoms with van der Waals surface area (Å²) in [6.07, 6.45) is 3.72. The molecule has 1 saturated heterocycles. The molecule has 1 amide bonds. The van der Waals surface area contributed by atoms with E-state index in [1.54, 1.807) is 19.2 Å². The first-order valence-electron chi connectivity index (χ1n) is 8.13. The van der Waals surface area contributed by atoms with E-state index in [0.29, 0.717) is 24.0 Å². The highest BCUT2D eigenvalue weighted by Crippen LogP contribution is 2.17. The van der Waals surface area contributed by atoms with Gasteiger partial charge in [-0.25, -0.2) is 4.98 Å². The molecular weight excluding hydrogens is 308 g/mol. The minimum absolute atomic E-state index is 0.0807. The SMILES string of the molecule is Cc1ccc(OC2CCN(CC(=O)Nc3cc(C)on3)CC2)nc1. The van der Waals surface area contributed by atoms with E-state index in [0.717, 1.165) is 31.5 Å². The summed E-state index contributed by atoms with van der Waals surface area (Å²) in [5.41, 5.74) is 1.12. The number of anilines is 1. The fourth-order valence-electron chi connectivity index (χ4n) is 2.69. The number of likely N-dealkylation sites (tertiary alicyclic amines) is 1. The summed E-state index contributed by atoms with van der Waals surface area (Å²) in [6.45, 7) is 5.78. The van der Waals surface area contributed by atoms with E-state index in [4.69, 9.17) is 9.26 Å². The molecule has 1 aliphatic heterocycles. The summed E-state index contributed by atoms with van der Waals surface area (Å²) in [5, 5.41) is 6.50. The van der Waals surface area contributed by atoms with Gasteiger partial charge >= 0.3 is 0 Å². The summed E-state index contributed by atoms with van der Waals surface area (Å²) >= 11 is 0. The van der Waals surface area contributed by atoms with Gasteiger partial charge < -0.3 is 14.6 Å². The molecule has 0 bridgehead atoms. The van der Waals surface area contributed by atoms with Gasteiger partial charge in [0.1, 0.15) is 11.9 Å². The minimum Gasteiger partial charge on any atom is -0.474 e. The molecule has 0 atom stereocenters. The van der Waals surface area contributed by atoms with E-state index >= 15 is 0 Å². The third-order valence-corrected chi connectivity index (χ3v) is 3.97. The first-order chi connectivity index (χ1) is 11.6. The molecule has 7 nitrogen and oxygen atoms in total. The van der Waals surface area contributed by atoms with Crippen LogP contribution in [0.5, 0.6) is 5.88 Å². The van der Waals surface area contributed by atoms with Crippen molar-refractivity contribution in [1.29, 1.82) is 0 Å². The Morgan fingerprint density at radius 1 is 1.38 bits per heavy atom. The lowest BCUT2D eigenvalue weighted by Crippen LogP contribution is -2.42. The van der Waals surface area contributed by atoms with Gasteiger partial charge in [0.15, 0.2) is 5.82 Å². The van der Waals surface area contributed by atoms with Crippen LogP contribution in [0.3, 0.4) is 0 Å². The van der Waals surface area contributed by atoms with Crippen LogP contribution in [0.4, 0.5) is 5.82 Å². The van der Waals surface area contributed by atoms with E-state index in [-0.39, 0.29) is 12.0 Å². The predicted octanol–water partition coefficient (Wildman–Crippen LogP) is 2.17. The first kappa shape index (κ1) is 16.4.